The van der Waals surface area contributed by atoms with Crippen molar-refractivity contribution < 1.29 is 9.53 Å². The van der Waals surface area contributed by atoms with Gasteiger partial charge >= 0.3 is 0 Å². The minimum absolute atomic E-state index is 0.00369. The molecule has 0 fully saturated rings. The summed E-state index contributed by atoms with van der Waals surface area (Å²) < 4.78 is 5.48. The van der Waals surface area contributed by atoms with E-state index in [0.717, 1.165) is 5.56 Å². The fraction of sp³-hybridized carbons (Fsp3) is 0.267. The molecule has 1 aromatic rings. The van der Waals surface area contributed by atoms with E-state index in [9.17, 15) is 4.79 Å². The number of terminal acetylenes is 1. The topological polar surface area (TPSA) is 26.3 Å². The van der Waals surface area contributed by atoms with Crippen LogP contribution in [0.5, 0.6) is 0 Å². The molecule has 0 N–H and O–H groups in total. The van der Waals surface area contributed by atoms with E-state index in [1.165, 1.54) is 0 Å². The van der Waals surface area contributed by atoms with Gasteiger partial charge in [-0.25, -0.2) is 0 Å². The van der Waals surface area contributed by atoms with Gasteiger partial charge in [-0.05, 0) is 24.3 Å². The summed E-state index contributed by atoms with van der Waals surface area (Å²) >= 11 is 0. The van der Waals surface area contributed by atoms with Crippen LogP contribution in [0.2, 0.25) is 0 Å². The summed E-state index contributed by atoms with van der Waals surface area (Å²) in [6.45, 7) is 2.93. The van der Waals surface area contributed by atoms with Crippen molar-refractivity contribution in [2.45, 2.75) is 13.5 Å². The van der Waals surface area contributed by atoms with E-state index in [1.807, 2.05) is 43.2 Å². The third kappa shape index (κ3) is 5.56. The summed E-state index contributed by atoms with van der Waals surface area (Å²) in [7, 11) is 0. The van der Waals surface area contributed by atoms with Crippen LogP contribution in [0.25, 0.3) is 0 Å². The molecule has 0 amide bonds. The summed E-state index contributed by atoms with van der Waals surface area (Å²) in [5.74, 6) is 6.59. The molecule has 17 heavy (non-hydrogen) atoms. The van der Waals surface area contributed by atoms with Gasteiger partial charge < -0.3 is 4.74 Å². The van der Waals surface area contributed by atoms with Gasteiger partial charge in [-0.15, -0.1) is 6.42 Å². The van der Waals surface area contributed by atoms with Crippen molar-refractivity contribution >= 4 is 5.78 Å². The van der Waals surface area contributed by atoms with Crippen molar-refractivity contribution in [2.24, 2.45) is 5.92 Å². The van der Waals surface area contributed by atoms with Crippen molar-refractivity contribution in [3.05, 3.63) is 35.9 Å². The molecule has 0 saturated heterocycles. The highest BCUT2D eigenvalue weighted by molar-refractivity contribution is 6.08. The molecule has 0 aliphatic heterocycles. The number of ether oxygens (including phenoxy) is 1. The first-order valence-corrected chi connectivity index (χ1v) is 5.36. The van der Waals surface area contributed by atoms with Gasteiger partial charge in [-0.3, -0.25) is 4.79 Å². The largest absolute Gasteiger partial charge is 0.376 e. The zero-order valence-corrected chi connectivity index (χ0v) is 9.77. The Kier molecular flexibility index (Phi) is 5.58. The molecule has 0 bridgehead atoms. The molecule has 86 valence electrons. The van der Waals surface area contributed by atoms with Crippen molar-refractivity contribution in [3.8, 4) is 24.2 Å². The lowest BCUT2D eigenvalue weighted by atomic mass is 10.2. The maximum Gasteiger partial charge on any atom is 0.278 e. The van der Waals surface area contributed by atoms with Crippen LogP contribution in [0.1, 0.15) is 12.5 Å². The fourth-order valence-corrected chi connectivity index (χ4v) is 1.19. The molecule has 0 aromatic heterocycles. The second-order valence-corrected chi connectivity index (χ2v) is 3.64. The van der Waals surface area contributed by atoms with Crippen LogP contribution in [-0.2, 0) is 16.1 Å². The lowest BCUT2D eigenvalue weighted by molar-refractivity contribution is -0.108. The second-order valence-electron chi connectivity index (χ2n) is 3.64. The molecule has 0 aliphatic carbocycles. The van der Waals surface area contributed by atoms with Crippen LogP contribution in [-0.4, -0.2) is 12.4 Å². The van der Waals surface area contributed by atoms with Crippen molar-refractivity contribution in [3.63, 3.8) is 0 Å². The standard InChI is InChI=1S/C15H14O2/c1-3-15(16)10-9-13(2)11-17-12-14-7-5-4-6-8-14/h1,4-8,13H,11-12H2,2H3/t13-/m0/s1. The van der Waals surface area contributed by atoms with Crippen molar-refractivity contribution in [2.75, 3.05) is 6.61 Å². The van der Waals surface area contributed by atoms with E-state index < -0.39 is 5.78 Å². The molecule has 0 heterocycles. The van der Waals surface area contributed by atoms with Gasteiger partial charge in [0.15, 0.2) is 0 Å². The van der Waals surface area contributed by atoms with Crippen LogP contribution < -0.4 is 0 Å². The smallest absolute Gasteiger partial charge is 0.278 e. The summed E-state index contributed by atoms with van der Waals surface area (Å²) in [5.41, 5.74) is 1.12. The van der Waals surface area contributed by atoms with Gasteiger partial charge in [0.2, 0.25) is 0 Å². The number of carbonyl (C=O) groups excluding carboxylic acids is 1. The molecule has 1 rings (SSSR count). The summed E-state index contributed by atoms with van der Waals surface area (Å²) in [6, 6.07) is 9.89. The third-order valence-electron chi connectivity index (χ3n) is 2.04. The molecule has 0 saturated carbocycles. The Morgan fingerprint density at radius 2 is 2.12 bits per heavy atom. The number of Topliss-reactive ketones (excluding diaryl/α,β-unsaturated/α-hetero) is 1. The van der Waals surface area contributed by atoms with Crippen LogP contribution in [0.3, 0.4) is 0 Å². The highest BCUT2D eigenvalue weighted by Gasteiger charge is 1.98. The van der Waals surface area contributed by atoms with Crippen LogP contribution >= 0.6 is 0 Å². The van der Waals surface area contributed by atoms with Gasteiger partial charge in [-0.1, -0.05) is 36.3 Å². The zero-order valence-electron chi connectivity index (χ0n) is 9.77. The van der Waals surface area contributed by atoms with E-state index >= 15 is 0 Å². The van der Waals surface area contributed by atoms with Gasteiger partial charge in [0.25, 0.3) is 5.78 Å². The molecule has 1 atom stereocenters. The average molecular weight is 226 g/mol. The maximum atomic E-state index is 10.8. The maximum absolute atomic E-state index is 10.8. The Hall–Kier alpha value is -2.03. The van der Waals surface area contributed by atoms with Crippen LogP contribution in [0, 0.1) is 30.1 Å². The Bertz CT molecular complexity index is 457. The van der Waals surface area contributed by atoms with Gasteiger partial charge in [0.05, 0.1) is 13.2 Å². The van der Waals surface area contributed by atoms with Gasteiger partial charge in [0.1, 0.15) is 0 Å². The normalized spacial score (nSPS) is 10.8. The third-order valence-corrected chi connectivity index (χ3v) is 2.04. The quantitative estimate of drug-likeness (QED) is 0.580. The summed E-state index contributed by atoms with van der Waals surface area (Å²) in [6.07, 6.45) is 4.90. The minimum Gasteiger partial charge on any atom is -0.376 e. The van der Waals surface area contributed by atoms with E-state index in [1.54, 1.807) is 0 Å². The summed E-state index contributed by atoms with van der Waals surface area (Å²) in [5, 5.41) is 0. The molecule has 2 nitrogen and oxygen atoms in total. The molecular weight excluding hydrogens is 212 g/mol. The Morgan fingerprint density at radius 3 is 2.76 bits per heavy atom. The predicted molar refractivity (Wildman–Crippen MR) is 66.9 cm³/mol. The first kappa shape index (κ1) is 13.0. The van der Waals surface area contributed by atoms with E-state index in [4.69, 9.17) is 11.2 Å². The van der Waals surface area contributed by atoms with E-state index in [2.05, 4.69) is 11.8 Å². The minimum atomic E-state index is -0.486. The average Bonchev–Trinajstić information content (AvgIpc) is 2.37. The van der Waals surface area contributed by atoms with Crippen LogP contribution in [0.4, 0.5) is 0 Å². The first-order valence-electron chi connectivity index (χ1n) is 5.36. The number of rotatable bonds is 4. The Labute approximate surface area is 102 Å². The number of hydrogen-bond acceptors (Lipinski definition) is 2. The number of carbonyl (C=O) groups is 1. The van der Waals surface area contributed by atoms with Crippen molar-refractivity contribution in [1.29, 1.82) is 0 Å². The molecule has 2 heteroatoms. The molecule has 0 unspecified atom stereocenters. The predicted octanol–water partition coefficient (Wildman–Crippen LogP) is 2.04. The first-order chi connectivity index (χ1) is 8.22. The van der Waals surface area contributed by atoms with Crippen LogP contribution in [0.15, 0.2) is 30.3 Å². The van der Waals surface area contributed by atoms with Crippen molar-refractivity contribution in [1.82, 2.24) is 0 Å². The molecule has 0 radical (unpaired) electrons. The fourth-order valence-electron chi connectivity index (χ4n) is 1.19. The summed E-state index contributed by atoms with van der Waals surface area (Å²) in [4.78, 5) is 10.8. The lowest BCUT2D eigenvalue weighted by Crippen LogP contribution is -2.04. The van der Waals surface area contributed by atoms with E-state index in [-0.39, 0.29) is 5.92 Å². The molecule has 0 aliphatic rings. The van der Waals surface area contributed by atoms with Gasteiger partial charge in [-0.2, -0.15) is 0 Å². The van der Waals surface area contributed by atoms with E-state index in [0.29, 0.717) is 13.2 Å². The number of ketones is 1. The molecular formula is C15H14O2. The zero-order chi connectivity index (χ0) is 12.5. The van der Waals surface area contributed by atoms with Gasteiger partial charge in [0, 0.05) is 5.92 Å². The highest BCUT2D eigenvalue weighted by Crippen LogP contribution is 2.02. The molecule has 1 aromatic carbocycles. The SMILES string of the molecule is C#CC(=O)C#C[C@H](C)COCc1ccccc1. The number of hydrogen-bond donors (Lipinski definition) is 0. The molecule has 0 spiro atoms. The Balaban J connectivity index is 2.29. The lowest BCUT2D eigenvalue weighted by Gasteiger charge is -2.05. The monoisotopic (exact) mass is 226 g/mol. The Morgan fingerprint density at radius 1 is 1.41 bits per heavy atom. The highest BCUT2D eigenvalue weighted by atomic mass is 16.5. The number of benzene rings is 1. The second kappa shape index (κ2) is 7.28.